The number of aromatic amines is 1. The molecule has 2 aromatic rings. The number of hydrogen-bond donors (Lipinski definition) is 2. The third-order valence-corrected chi connectivity index (χ3v) is 4.11. The van der Waals surface area contributed by atoms with Crippen LogP contribution in [0.3, 0.4) is 0 Å². The minimum absolute atomic E-state index is 0.0180. The van der Waals surface area contributed by atoms with Crippen molar-refractivity contribution < 1.29 is 13.2 Å². The molecule has 1 saturated carbocycles. The fourth-order valence-electron chi connectivity index (χ4n) is 2.88. The molecule has 8 heteroatoms. The topological polar surface area (TPSA) is 70.7 Å². The fourth-order valence-corrected chi connectivity index (χ4v) is 2.88. The molecule has 2 aromatic heterocycles. The minimum Gasteiger partial charge on any atom is -0.367 e. The molecule has 1 fully saturated rings. The van der Waals surface area contributed by atoms with Crippen molar-refractivity contribution in [2.75, 3.05) is 5.32 Å². The lowest BCUT2D eigenvalue weighted by atomic mass is 9.95. The van der Waals surface area contributed by atoms with Crippen LogP contribution in [0.5, 0.6) is 0 Å². The summed E-state index contributed by atoms with van der Waals surface area (Å²) in [7, 11) is 0. The van der Waals surface area contributed by atoms with Gasteiger partial charge in [0, 0.05) is 23.9 Å². The van der Waals surface area contributed by atoms with E-state index in [2.05, 4.69) is 20.5 Å². The van der Waals surface area contributed by atoms with E-state index in [1.165, 1.54) is 18.3 Å². The first kappa shape index (κ1) is 16.5. The van der Waals surface area contributed by atoms with Crippen molar-refractivity contribution in [2.45, 2.75) is 44.3 Å². The molecule has 2 heterocycles. The van der Waals surface area contributed by atoms with E-state index in [-0.39, 0.29) is 23.1 Å². The fraction of sp³-hybridized carbons (Fsp3) is 0.438. The van der Waals surface area contributed by atoms with Crippen LogP contribution >= 0.6 is 0 Å². The van der Waals surface area contributed by atoms with Gasteiger partial charge in [0.2, 0.25) is 0 Å². The van der Waals surface area contributed by atoms with Crippen LogP contribution in [0.2, 0.25) is 0 Å². The van der Waals surface area contributed by atoms with Crippen LogP contribution in [0.25, 0.3) is 11.3 Å². The number of rotatable bonds is 3. The molecular formula is C16H17F3N4O. The molecule has 0 radical (unpaired) electrons. The number of alkyl halides is 3. The third-order valence-electron chi connectivity index (χ3n) is 4.11. The van der Waals surface area contributed by atoms with Crippen LogP contribution in [-0.2, 0) is 6.18 Å². The van der Waals surface area contributed by atoms with Gasteiger partial charge < -0.3 is 5.32 Å². The first-order valence-electron chi connectivity index (χ1n) is 7.83. The molecule has 0 atom stereocenters. The second-order valence-electron chi connectivity index (χ2n) is 5.90. The molecule has 24 heavy (non-hydrogen) atoms. The molecule has 0 saturated heterocycles. The van der Waals surface area contributed by atoms with Gasteiger partial charge in [0.1, 0.15) is 5.82 Å². The second kappa shape index (κ2) is 6.62. The summed E-state index contributed by atoms with van der Waals surface area (Å²) in [4.78, 5) is 15.0. The maximum absolute atomic E-state index is 13.4. The summed E-state index contributed by atoms with van der Waals surface area (Å²) < 4.78 is 40.2. The summed E-state index contributed by atoms with van der Waals surface area (Å²) in [6, 6.07) is 3.61. The van der Waals surface area contributed by atoms with E-state index >= 15 is 0 Å². The Morgan fingerprint density at radius 2 is 1.92 bits per heavy atom. The lowest BCUT2D eigenvalue weighted by Gasteiger charge is -2.25. The number of aromatic nitrogens is 3. The van der Waals surface area contributed by atoms with Gasteiger partial charge in [0.15, 0.2) is 0 Å². The molecular weight excluding hydrogens is 321 g/mol. The maximum atomic E-state index is 13.4. The summed E-state index contributed by atoms with van der Waals surface area (Å²) in [6.07, 6.45) is 1.65. The standard InChI is InChI=1S/C16H17F3N4O/c17-16(18,19)12-8-10(13-6-7-14(24)23-22-13)9-20-15(12)21-11-4-2-1-3-5-11/h6-9,11H,1-5H2,(H,20,21)(H,23,24). The Labute approximate surface area is 136 Å². The van der Waals surface area contributed by atoms with E-state index in [0.717, 1.165) is 38.2 Å². The molecule has 0 bridgehead atoms. The predicted octanol–water partition coefficient (Wildman–Crippen LogP) is 3.60. The van der Waals surface area contributed by atoms with E-state index in [4.69, 9.17) is 0 Å². The van der Waals surface area contributed by atoms with Gasteiger partial charge in [0.25, 0.3) is 5.56 Å². The lowest BCUT2D eigenvalue weighted by Crippen LogP contribution is -2.25. The zero-order chi connectivity index (χ0) is 17.2. The molecule has 0 amide bonds. The molecule has 0 unspecified atom stereocenters. The largest absolute Gasteiger partial charge is 0.419 e. The Bertz CT molecular complexity index is 746. The number of hydrogen-bond acceptors (Lipinski definition) is 4. The van der Waals surface area contributed by atoms with E-state index in [9.17, 15) is 18.0 Å². The quantitative estimate of drug-likeness (QED) is 0.897. The van der Waals surface area contributed by atoms with Gasteiger partial charge in [-0.05, 0) is 25.0 Å². The van der Waals surface area contributed by atoms with Crippen LogP contribution in [0.4, 0.5) is 19.0 Å². The summed E-state index contributed by atoms with van der Waals surface area (Å²) in [5, 5.41) is 8.89. The molecule has 128 valence electrons. The number of H-pyrrole nitrogens is 1. The Morgan fingerprint density at radius 3 is 2.54 bits per heavy atom. The monoisotopic (exact) mass is 338 g/mol. The SMILES string of the molecule is O=c1ccc(-c2cnc(NC3CCCCC3)c(C(F)(F)F)c2)n[nH]1. The van der Waals surface area contributed by atoms with E-state index in [0.29, 0.717) is 0 Å². The van der Waals surface area contributed by atoms with Crippen molar-refractivity contribution in [1.82, 2.24) is 15.2 Å². The number of pyridine rings is 1. The van der Waals surface area contributed by atoms with Crippen molar-refractivity contribution in [3.63, 3.8) is 0 Å². The maximum Gasteiger partial charge on any atom is 0.419 e. The molecule has 0 aromatic carbocycles. The summed E-state index contributed by atoms with van der Waals surface area (Å²) in [5.41, 5.74) is -0.804. The highest BCUT2D eigenvalue weighted by Crippen LogP contribution is 2.36. The van der Waals surface area contributed by atoms with Crippen LogP contribution in [0.15, 0.2) is 29.2 Å². The predicted molar refractivity (Wildman–Crippen MR) is 83.6 cm³/mol. The van der Waals surface area contributed by atoms with Crippen LogP contribution in [0, 0.1) is 0 Å². The van der Waals surface area contributed by atoms with E-state index in [1.54, 1.807) is 0 Å². The highest BCUT2D eigenvalue weighted by molar-refractivity contribution is 5.62. The number of nitrogens with zero attached hydrogens (tertiary/aromatic N) is 2. The molecule has 1 aliphatic rings. The molecule has 3 rings (SSSR count). The number of nitrogens with one attached hydrogen (secondary N) is 2. The molecule has 0 spiro atoms. The highest BCUT2D eigenvalue weighted by atomic mass is 19.4. The molecule has 1 aliphatic carbocycles. The smallest absolute Gasteiger partial charge is 0.367 e. The average molecular weight is 338 g/mol. The van der Waals surface area contributed by atoms with Gasteiger partial charge >= 0.3 is 6.18 Å². The minimum atomic E-state index is -4.53. The molecule has 2 N–H and O–H groups in total. The van der Waals surface area contributed by atoms with Crippen molar-refractivity contribution in [2.24, 2.45) is 0 Å². The normalized spacial score (nSPS) is 16.1. The van der Waals surface area contributed by atoms with Gasteiger partial charge in [-0.2, -0.15) is 18.3 Å². The number of anilines is 1. The van der Waals surface area contributed by atoms with Crippen molar-refractivity contribution in [3.8, 4) is 11.3 Å². The van der Waals surface area contributed by atoms with Gasteiger partial charge in [-0.15, -0.1) is 0 Å². The van der Waals surface area contributed by atoms with Gasteiger partial charge in [-0.25, -0.2) is 10.1 Å². The zero-order valence-corrected chi connectivity index (χ0v) is 12.9. The zero-order valence-electron chi connectivity index (χ0n) is 12.9. The summed E-state index contributed by atoms with van der Waals surface area (Å²) >= 11 is 0. The Balaban J connectivity index is 1.94. The summed E-state index contributed by atoms with van der Waals surface area (Å²) in [6.45, 7) is 0. The van der Waals surface area contributed by atoms with E-state index in [1.807, 2.05) is 0 Å². The molecule has 5 nitrogen and oxygen atoms in total. The molecule has 0 aliphatic heterocycles. The van der Waals surface area contributed by atoms with Crippen LogP contribution < -0.4 is 10.9 Å². The van der Waals surface area contributed by atoms with Crippen molar-refractivity contribution in [1.29, 1.82) is 0 Å². The number of halogens is 3. The first-order valence-corrected chi connectivity index (χ1v) is 7.83. The first-order chi connectivity index (χ1) is 11.4. The van der Waals surface area contributed by atoms with Gasteiger partial charge in [-0.1, -0.05) is 19.3 Å². The second-order valence-corrected chi connectivity index (χ2v) is 5.90. The Kier molecular flexibility index (Phi) is 4.55. The van der Waals surface area contributed by atoms with Crippen molar-refractivity contribution in [3.05, 3.63) is 40.3 Å². The summed E-state index contributed by atoms with van der Waals surface area (Å²) in [5.74, 6) is -0.150. The third kappa shape index (κ3) is 3.74. The highest BCUT2D eigenvalue weighted by Gasteiger charge is 2.35. The van der Waals surface area contributed by atoms with Crippen LogP contribution in [-0.4, -0.2) is 21.2 Å². The van der Waals surface area contributed by atoms with Gasteiger partial charge in [-0.3, -0.25) is 4.79 Å². The van der Waals surface area contributed by atoms with Crippen LogP contribution in [0.1, 0.15) is 37.7 Å². The van der Waals surface area contributed by atoms with E-state index < -0.39 is 17.3 Å². The Hall–Kier alpha value is -2.38. The van der Waals surface area contributed by atoms with Crippen molar-refractivity contribution >= 4 is 5.82 Å². The average Bonchev–Trinajstić information content (AvgIpc) is 2.56. The Morgan fingerprint density at radius 1 is 1.17 bits per heavy atom. The lowest BCUT2D eigenvalue weighted by molar-refractivity contribution is -0.137. The van der Waals surface area contributed by atoms with Gasteiger partial charge in [0.05, 0.1) is 11.3 Å².